The lowest BCUT2D eigenvalue weighted by Gasteiger charge is -2.36. The van der Waals surface area contributed by atoms with Gasteiger partial charge in [-0.25, -0.2) is 0 Å². The zero-order valence-corrected chi connectivity index (χ0v) is 26.9. The van der Waals surface area contributed by atoms with E-state index in [4.69, 9.17) is 21.1 Å². The number of rotatable bonds is 14. The van der Waals surface area contributed by atoms with Gasteiger partial charge in [0.25, 0.3) is 0 Å². The number of halogens is 1. The summed E-state index contributed by atoms with van der Waals surface area (Å²) in [5.41, 5.74) is 1.03. The molecule has 0 aliphatic carbocycles. The first kappa shape index (κ1) is 35.7. The zero-order valence-electron chi connectivity index (χ0n) is 26.2. The molecule has 4 unspecified atom stereocenters. The van der Waals surface area contributed by atoms with Gasteiger partial charge >= 0.3 is 11.9 Å². The van der Waals surface area contributed by atoms with Crippen LogP contribution in [0.5, 0.6) is 0 Å². The maximum Gasteiger partial charge on any atom is 0.310 e. The van der Waals surface area contributed by atoms with Crippen LogP contribution in [0, 0.1) is 34.5 Å². The van der Waals surface area contributed by atoms with Crippen molar-refractivity contribution in [1.29, 1.82) is 10.5 Å². The number of nitrogens with one attached hydrogen (secondary N) is 1. The molecule has 0 bridgehead atoms. The average Bonchev–Trinajstić information content (AvgIpc) is 2.96. The van der Waals surface area contributed by atoms with Crippen molar-refractivity contribution in [3.8, 4) is 12.1 Å². The normalized spacial score (nSPS) is 13.6. The van der Waals surface area contributed by atoms with Crippen molar-refractivity contribution < 1.29 is 23.9 Å². The minimum atomic E-state index is -0.847. The standard InChI is InChI=1S/C32H39ClN6O5/c1-8-10-19(3)31(41)43-22(6)39(23(7)44-32(42)20(4)11-9-2)24-12-14-29(30(16-24)36-21(5)40)38-37-28-15-13-27(33)25(17-34)26(28)18-35/h12-16,19-20,22-23H,8-11H2,1-7H3,(H,36,40). The molecule has 0 aliphatic heterocycles. The van der Waals surface area contributed by atoms with Gasteiger partial charge in [0.2, 0.25) is 5.91 Å². The first-order valence-corrected chi connectivity index (χ1v) is 14.9. The molecule has 12 heteroatoms. The third-order valence-electron chi connectivity index (χ3n) is 6.82. The number of hydrogen-bond donors (Lipinski definition) is 1. The van der Waals surface area contributed by atoms with Crippen molar-refractivity contribution >= 4 is 52.2 Å². The lowest BCUT2D eigenvalue weighted by atomic mass is 10.1. The van der Waals surface area contributed by atoms with Crippen LogP contribution < -0.4 is 10.2 Å². The molecule has 0 saturated heterocycles. The van der Waals surface area contributed by atoms with Crippen molar-refractivity contribution in [2.75, 3.05) is 10.2 Å². The summed E-state index contributed by atoms with van der Waals surface area (Å²) >= 11 is 6.05. The molecular formula is C32H39ClN6O5. The molecule has 0 heterocycles. The fourth-order valence-corrected chi connectivity index (χ4v) is 4.74. The number of esters is 2. The molecule has 0 spiro atoms. The van der Waals surface area contributed by atoms with E-state index in [1.807, 2.05) is 26.0 Å². The summed E-state index contributed by atoms with van der Waals surface area (Å²) in [6.07, 6.45) is 1.26. The van der Waals surface area contributed by atoms with Gasteiger partial charge in [-0.3, -0.25) is 14.4 Å². The summed E-state index contributed by atoms with van der Waals surface area (Å²) in [7, 11) is 0. The topological polar surface area (TPSA) is 157 Å². The van der Waals surface area contributed by atoms with Crippen molar-refractivity contribution in [3.63, 3.8) is 0 Å². The van der Waals surface area contributed by atoms with Gasteiger partial charge < -0.3 is 19.7 Å². The number of carbonyl (C=O) groups is 3. The Morgan fingerprint density at radius 1 is 0.864 bits per heavy atom. The van der Waals surface area contributed by atoms with E-state index in [0.29, 0.717) is 18.5 Å². The Balaban J connectivity index is 2.58. The van der Waals surface area contributed by atoms with E-state index >= 15 is 0 Å². The molecule has 1 N–H and O–H groups in total. The van der Waals surface area contributed by atoms with E-state index in [1.54, 1.807) is 50.8 Å². The summed E-state index contributed by atoms with van der Waals surface area (Å²) < 4.78 is 11.6. The highest BCUT2D eigenvalue weighted by Gasteiger charge is 2.29. The van der Waals surface area contributed by atoms with Crippen molar-refractivity contribution in [1.82, 2.24) is 0 Å². The molecule has 1 amide bonds. The molecule has 2 rings (SSSR count). The second-order valence-electron chi connectivity index (χ2n) is 10.5. The van der Waals surface area contributed by atoms with Gasteiger partial charge in [0.05, 0.1) is 33.7 Å². The number of nitriles is 2. The number of amides is 1. The molecule has 44 heavy (non-hydrogen) atoms. The van der Waals surface area contributed by atoms with Gasteiger partial charge in [-0.2, -0.15) is 10.5 Å². The van der Waals surface area contributed by atoms with Crippen LogP contribution in [-0.4, -0.2) is 30.3 Å². The number of azo groups is 1. The van der Waals surface area contributed by atoms with Crippen LogP contribution >= 0.6 is 11.6 Å². The van der Waals surface area contributed by atoms with Crippen LogP contribution in [0.25, 0.3) is 0 Å². The molecule has 0 radical (unpaired) electrons. The third-order valence-corrected chi connectivity index (χ3v) is 7.13. The fraction of sp³-hybridized carbons (Fsp3) is 0.469. The van der Waals surface area contributed by atoms with Crippen LogP contribution in [0.15, 0.2) is 40.6 Å². The van der Waals surface area contributed by atoms with Crippen molar-refractivity contribution in [3.05, 3.63) is 46.5 Å². The van der Waals surface area contributed by atoms with E-state index in [1.165, 1.54) is 19.1 Å². The fourth-order valence-electron chi connectivity index (χ4n) is 4.54. The Labute approximate surface area is 263 Å². The Morgan fingerprint density at radius 3 is 1.84 bits per heavy atom. The van der Waals surface area contributed by atoms with E-state index < -0.39 is 12.5 Å². The minimum Gasteiger partial charge on any atom is -0.442 e. The predicted octanol–water partition coefficient (Wildman–Crippen LogP) is 7.91. The number of ether oxygens (including phenoxy) is 2. The van der Waals surface area contributed by atoms with Crippen LogP contribution in [0.4, 0.5) is 22.7 Å². The lowest BCUT2D eigenvalue weighted by Crippen LogP contribution is -2.46. The summed E-state index contributed by atoms with van der Waals surface area (Å²) in [5, 5.41) is 30.2. The molecule has 0 saturated carbocycles. The van der Waals surface area contributed by atoms with Gasteiger partial charge in [-0.1, -0.05) is 52.1 Å². The minimum absolute atomic E-state index is 0.0210. The second-order valence-corrected chi connectivity index (χ2v) is 10.9. The van der Waals surface area contributed by atoms with E-state index in [9.17, 15) is 24.9 Å². The maximum absolute atomic E-state index is 12.8. The van der Waals surface area contributed by atoms with Crippen molar-refractivity contribution in [2.24, 2.45) is 22.1 Å². The lowest BCUT2D eigenvalue weighted by molar-refractivity contribution is -0.158. The molecule has 0 fully saturated rings. The van der Waals surface area contributed by atoms with Gasteiger partial charge in [-0.05, 0) is 57.0 Å². The highest BCUT2D eigenvalue weighted by Crippen LogP contribution is 2.35. The molecule has 2 aromatic carbocycles. The third kappa shape index (κ3) is 9.51. The number of anilines is 2. The highest BCUT2D eigenvalue weighted by atomic mass is 35.5. The number of benzene rings is 2. The maximum atomic E-state index is 12.8. The van der Waals surface area contributed by atoms with Gasteiger partial charge in [0.15, 0.2) is 12.5 Å². The first-order chi connectivity index (χ1) is 20.9. The van der Waals surface area contributed by atoms with Crippen LogP contribution in [-0.2, 0) is 23.9 Å². The molecule has 11 nitrogen and oxygen atoms in total. The molecule has 0 aromatic heterocycles. The molecule has 0 aliphatic rings. The molecule has 234 valence electrons. The highest BCUT2D eigenvalue weighted by molar-refractivity contribution is 6.32. The van der Waals surface area contributed by atoms with E-state index in [0.717, 1.165) is 12.8 Å². The Hall–Kier alpha value is -4.48. The van der Waals surface area contributed by atoms with Crippen LogP contribution in [0.3, 0.4) is 0 Å². The van der Waals surface area contributed by atoms with Crippen LogP contribution in [0.2, 0.25) is 5.02 Å². The largest absolute Gasteiger partial charge is 0.442 e. The number of carbonyl (C=O) groups excluding carboxylic acids is 3. The van der Waals surface area contributed by atoms with Crippen LogP contribution in [0.1, 0.15) is 85.3 Å². The number of hydrogen-bond acceptors (Lipinski definition) is 10. The monoisotopic (exact) mass is 622 g/mol. The number of nitrogens with zero attached hydrogens (tertiary/aromatic N) is 5. The van der Waals surface area contributed by atoms with Gasteiger partial charge in [0, 0.05) is 12.6 Å². The summed E-state index contributed by atoms with van der Waals surface area (Å²) in [6, 6.07) is 11.6. The van der Waals surface area contributed by atoms with E-state index in [2.05, 4.69) is 15.5 Å². The zero-order chi connectivity index (χ0) is 33.0. The molecule has 2 aromatic rings. The Kier molecular flexibility index (Phi) is 13.8. The van der Waals surface area contributed by atoms with E-state index in [-0.39, 0.29) is 62.9 Å². The van der Waals surface area contributed by atoms with Crippen molar-refractivity contribution in [2.45, 2.75) is 86.6 Å². The molecule has 4 atom stereocenters. The average molecular weight is 623 g/mol. The Morgan fingerprint density at radius 2 is 1.36 bits per heavy atom. The summed E-state index contributed by atoms with van der Waals surface area (Å²) in [4.78, 5) is 39.4. The SMILES string of the molecule is CCCC(C)C(=O)OC(C)N(c1ccc(N=Nc2ccc(Cl)c(C#N)c2C#N)c(NC(C)=O)c1)C(C)OC(=O)C(C)CCC. The second kappa shape index (κ2) is 17.0. The van der Waals surface area contributed by atoms with Gasteiger partial charge in [0.1, 0.15) is 23.5 Å². The molecular weight excluding hydrogens is 584 g/mol. The first-order valence-electron chi connectivity index (χ1n) is 14.5. The summed E-state index contributed by atoms with van der Waals surface area (Å²) in [6.45, 7) is 12.2. The summed E-state index contributed by atoms with van der Waals surface area (Å²) in [5.74, 6) is -1.80. The predicted molar refractivity (Wildman–Crippen MR) is 168 cm³/mol. The smallest absolute Gasteiger partial charge is 0.310 e. The van der Waals surface area contributed by atoms with Gasteiger partial charge in [-0.15, -0.1) is 10.2 Å². The quantitative estimate of drug-likeness (QED) is 0.126. The Bertz CT molecular complexity index is 1430.